The summed E-state index contributed by atoms with van der Waals surface area (Å²) in [6, 6.07) is 9.58. The average Bonchev–Trinajstić information content (AvgIpc) is 2.35. The molecule has 0 fully saturated rings. The lowest BCUT2D eigenvalue weighted by Crippen LogP contribution is -2.43. The van der Waals surface area contributed by atoms with Crippen LogP contribution in [-0.2, 0) is 13.4 Å². The molecular weight excluding hydrogens is 300 g/mol. The van der Waals surface area contributed by atoms with E-state index in [1.54, 1.807) is 0 Å². The van der Waals surface area contributed by atoms with Gasteiger partial charge in [0.2, 0.25) is 0 Å². The smallest absolute Gasteiger partial charge is 0.320 e. The largest absolute Gasteiger partial charge is 0.414 e. The van der Waals surface area contributed by atoms with Gasteiger partial charge in [0.25, 0.3) is 0 Å². The van der Waals surface area contributed by atoms with E-state index in [0.717, 1.165) is 16.9 Å². The Balaban J connectivity index is 2.41. The van der Waals surface area contributed by atoms with Crippen LogP contribution in [0.5, 0.6) is 0 Å². The zero-order valence-electron chi connectivity index (χ0n) is 13.8. The lowest BCUT2D eigenvalue weighted by atomic mass is 10.2. The molecule has 0 spiro atoms. The Morgan fingerprint density at radius 1 is 1.24 bits per heavy atom. The number of hydrogen-bond acceptors (Lipinski definition) is 4. The van der Waals surface area contributed by atoms with Crippen LogP contribution in [0.2, 0.25) is 18.1 Å². The van der Waals surface area contributed by atoms with Crippen LogP contribution in [0, 0.1) is 0 Å². The maximum Gasteiger partial charge on any atom is 0.320 e. The highest BCUT2D eigenvalue weighted by atomic mass is 32.2. The third-order valence-corrected chi connectivity index (χ3v) is 9.07. The molecular formula is C16H26O3SSi. The van der Waals surface area contributed by atoms with E-state index < -0.39 is 8.32 Å². The summed E-state index contributed by atoms with van der Waals surface area (Å²) in [6.07, 6.45) is 0.168. The molecule has 0 radical (unpaired) electrons. The Labute approximate surface area is 133 Å². The Hall–Kier alpha value is -0.783. The van der Waals surface area contributed by atoms with Gasteiger partial charge < -0.3 is 8.61 Å². The van der Waals surface area contributed by atoms with Crippen LogP contribution >= 0.6 is 12.0 Å². The maximum atomic E-state index is 11.9. The second-order valence-corrected chi connectivity index (χ2v) is 12.3. The molecule has 3 nitrogen and oxygen atoms in total. The van der Waals surface area contributed by atoms with Crippen molar-refractivity contribution >= 4 is 26.3 Å². The van der Waals surface area contributed by atoms with E-state index in [1.807, 2.05) is 37.3 Å². The van der Waals surface area contributed by atoms with Crippen LogP contribution in [-0.4, -0.2) is 20.4 Å². The molecule has 0 aliphatic carbocycles. The molecule has 0 N–H and O–H groups in total. The third-order valence-electron chi connectivity index (χ3n) is 3.73. The van der Waals surface area contributed by atoms with Gasteiger partial charge in [-0.15, -0.1) is 0 Å². The van der Waals surface area contributed by atoms with Crippen LogP contribution in [0.4, 0.5) is 0 Å². The maximum absolute atomic E-state index is 11.9. The van der Waals surface area contributed by atoms with Crippen LogP contribution in [0.3, 0.4) is 0 Å². The normalized spacial score (nSPS) is 13.8. The highest BCUT2D eigenvalue weighted by Gasteiger charge is 2.38. The lowest BCUT2D eigenvalue weighted by molar-refractivity contribution is -0.134. The van der Waals surface area contributed by atoms with Crippen molar-refractivity contribution in [3.63, 3.8) is 0 Å². The molecule has 0 aliphatic heterocycles. The van der Waals surface area contributed by atoms with E-state index in [2.05, 4.69) is 33.9 Å². The van der Waals surface area contributed by atoms with Crippen molar-refractivity contribution in [2.45, 2.75) is 63.2 Å². The van der Waals surface area contributed by atoms with Crippen molar-refractivity contribution in [3.05, 3.63) is 30.3 Å². The summed E-state index contributed by atoms with van der Waals surface area (Å²) >= 11 is 1.10. The van der Waals surface area contributed by atoms with Crippen molar-refractivity contribution in [1.82, 2.24) is 0 Å². The van der Waals surface area contributed by atoms with Gasteiger partial charge in [-0.3, -0.25) is 4.79 Å². The summed E-state index contributed by atoms with van der Waals surface area (Å²) < 4.78 is 11.4. The molecule has 1 atom stereocenters. The number of carbonyl (C=O) groups excluding carboxylic acids is 1. The first kappa shape index (κ1) is 18.3. The molecule has 5 heteroatoms. The van der Waals surface area contributed by atoms with Crippen molar-refractivity contribution in [2.75, 3.05) is 0 Å². The standard InChI is InChI=1S/C16H26O3SSi/c1-13(19-21(5,6)16(2,3)4)12-15(17)18-20-14-10-8-7-9-11-14/h7-11,13H,12H2,1-6H3. The summed E-state index contributed by atoms with van der Waals surface area (Å²) in [5, 5.41) is 0.143. The first-order valence-corrected chi connectivity index (χ1v) is 10.9. The van der Waals surface area contributed by atoms with Gasteiger partial charge in [-0.1, -0.05) is 39.0 Å². The summed E-state index contributed by atoms with van der Waals surface area (Å²) in [6.45, 7) is 12.9. The van der Waals surface area contributed by atoms with E-state index in [0.29, 0.717) is 0 Å². The van der Waals surface area contributed by atoms with Crippen LogP contribution in [0.1, 0.15) is 34.1 Å². The minimum Gasteiger partial charge on any atom is -0.414 e. The van der Waals surface area contributed by atoms with Crippen molar-refractivity contribution < 1.29 is 13.4 Å². The summed E-state index contributed by atoms with van der Waals surface area (Å²) in [5.41, 5.74) is 0. The topological polar surface area (TPSA) is 35.5 Å². The number of hydrogen-bond donors (Lipinski definition) is 0. The first-order valence-electron chi connectivity index (χ1n) is 7.22. The predicted octanol–water partition coefficient (Wildman–Crippen LogP) is 5.04. The second-order valence-electron chi connectivity index (χ2n) is 6.74. The van der Waals surface area contributed by atoms with Crippen molar-refractivity contribution in [1.29, 1.82) is 0 Å². The van der Waals surface area contributed by atoms with Crippen molar-refractivity contribution in [2.24, 2.45) is 0 Å². The van der Waals surface area contributed by atoms with Crippen LogP contribution < -0.4 is 0 Å². The molecule has 0 aliphatic rings. The summed E-state index contributed by atoms with van der Waals surface area (Å²) in [5.74, 6) is -0.241. The van der Waals surface area contributed by atoms with E-state index in [4.69, 9.17) is 8.61 Å². The second kappa shape index (κ2) is 7.47. The van der Waals surface area contributed by atoms with Gasteiger partial charge in [0, 0.05) is 4.90 Å². The van der Waals surface area contributed by atoms with Gasteiger partial charge in [0.05, 0.1) is 24.6 Å². The first-order chi connectivity index (χ1) is 9.62. The van der Waals surface area contributed by atoms with Gasteiger partial charge >= 0.3 is 5.97 Å². The number of benzene rings is 1. The molecule has 0 heterocycles. The van der Waals surface area contributed by atoms with Gasteiger partial charge in [0.15, 0.2) is 8.32 Å². The van der Waals surface area contributed by atoms with E-state index >= 15 is 0 Å². The molecule has 0 amide bonds. The minimum absolute atomic E-state index is 0.116. The predicted molar refractivity (Wildman–Crippen MR) is 90.8 cm³/mol. The van der Waals surface area contributed by atoms with Crippen molar-refractivity contribution in [3.8, 4) is 0 Å². The third kappa shape index (κ3) is 6.24. The molecule has 1 aromatic carbocycles. The summed E-state index contributed by atoms with van der Waals surface area (Å²) in [4.78, 5) is 12.8. The van der Waals surface area contributed by atoms with Gasteiger partial charge in [-0.25, -0.2) is 0 Å². The SMILES string of the molecule is CC(CC(=O)OSc1ccccc1)O[Si](C)(C)C(C)(C)C. The Kier molecular flexibility index (Phi) is 6.50. The molecule has 1 unspecified atom stereocenters. The lowest BCUT2D eigenvalue weighted by Gasteiger charge is -2.38. The Bertz CT molecular complexity index is 454. The van der Waals surface area contributed by atoms with E-state index in [-0.39, 0.29) is 23.5 Å². The highest BCUT2D eigenvalue weighted by molar-refractivity contribution is 7.95. The quantitative estimate of drug-likeness (QED) is 0.542. The molecule has 118 valence electrons. The molecule has 1 rings (SSSR count). The molecule has 0 saturated carbocycles. The van der Waals surface area contributed by atoms with Gasteiger partial charge in [-0.05, 0) is 37.2 Å². The molecule has 0 saturated heterocycles. The zero-order chi connectivity index (χ0) is 16.1. The number of carbonyl (C=O) groups is 1. The number of rotatable bonds is 6. The van der Waals surface area contributed by atoms with E-state index in [9.17, 15) is 4.79 Å². The molecule has 0 bridgehead atoms. The molecule has 21 heavy (non-hydrogen) atoms. The fourth-order valence-corrected chi connectivity index (χ4v) is 3.53. The fraction of sp³-hybridized carbons (Fsp3) is 0.562. The van der Waals surface area contributed by atoms with E-state index in [1.165, 1.54) is 0 Å². The Morgan fingerprint density at radius 2 is 1.81 bits per heavy atom. The minimum atomic E-state index is -1.84. The van der Waals surface area contributed by atoms with Crippen LogP contribution in [0.15, 0.2) is 35.2 Å². The van der Waals surface area contributed by atoms with Crippen LogP contribution in [0.25, 0.3) is 0 Å². The monoisotopic (exact) mass is 326 g/mol. The Morgan fingerprint density at radius 3 is 2.33 bits per heavy atom. The molecule has 0 aromatic heterocycles. The summed E-state index contributed by atoms with van der Waals surface area (Å²) in [7, 11) is -1.84. The average molecular weight is 327 g/mol. The van der Waals surface area contributed by atoms with Gasteiger partial charge in [0.1, 0.15) is 0 Å². The molecule has 1 aromatic rings. The zero-order valence-corrected chi connectivity index (χ0v) is 15.6. The highest BCUT2D eigenvalue weighted by Crippen LogP contribution is 2.37. The fourth-order valence-electron chi connectivity index (χ4n) is 1.56. The van der Waals surface area contributed by atoms with Gasteiger partial charge in [-0.2, -0.15) is 0 Å².